The van der Waals surface area contributed by atoms with Gasteiger partial charge in [-0.3, -0.25) is 14.9 Å². The second kappa shape index (κ2) is 11.6. The predicted molar refractivity (Wildman–Crippen MR) is 124 cm³/mol. The lowest BCUT2D eigenvalue weighted by molar-refractivity contribution is -0.118. The van der Waals surface area contributed by atoms with E-state index < -0.39 is 0 Å². The van der Waals surface area contributed by atoms with Crippen LogP contribution in [0, 0.1) is 0 Å². The number of hydrogen-bond donors (Lipinski definition) is 4. The normalized spacial score (nSPS) is 16.1. The fourth-order valence-corrected chi connectivity index (χ4v) is 3.45. The molecule has 1 heterocycles. The van der Waals surface area contributed by atoms with Gasteiger partial charge in [-0.25, -0.2) is 0 Å². The van der Waals surface area contributed by atoms with E-state index in [4.69, 9.17) is 0 Å². The second-order valence-corrected chi connectivity index (χ2v) is 8.19. The summed E-state index contributed by atoms with van der Waals surface area (Å²) in [5.41, 5.74) is 2.29. The minimum atomic E-state index is -0.310. The number of carbonyl (C=O) groups excluding carboxylic acids is 2. The summed E-state index contributed by atoms with van der Waals surface area (Å²) in [5.74, 6) is -0.0642. The first kappa shape index (κ1) is 27.4. The van der Waals surface area contributed by atoms with E-state index in [9.17, 15) is 9.59 Å². The number of nitrogens with one attached hydrogen (secondary N) is 4. The summed E-state index contributed by atoms with van der Waals surface area (Å²) in [6, 6.07) is 7.77. The minimum Gasteiger partial charge on any atom is -0.352 e. The summed E-state index contributed by atoms with van der Waals surface area (Å²) < 4.78 is 0. The average Bonchev–Trinajstić information content (AvgIpc) is 2.79. The largest absolute Gasteiger partial charge is 0.352 e. The first-order valence-corrected chi connectivity index (χ1v) is 9.47. The monoisotopic (exact) mass is 444 g/mol. The van der Waals surface area contributed by atoms with Crippen molar-refractivity contribution in [3.63, 3.8) is 0 Å². The van der Waals surface area contributed by atoms with Crippen LogP contribution in [0.15, 0.2) is 35.9 Å². The zero-order valence-electron chi connectivity index (χ0n) is 17.8. The molecule has 0 unspecified atom stereocenters. The number of rotatable bonds is 8. The van der Waals surface area contributed by atoms with Crippen LogP contribution in [0.2, 0.25) is 0 Å². The van der Waals surface area contributed by atoms with Crippen LogP contribution in [-0.4, -0.2) is 36.0 Å². The molecule has 4 N–H and O–H groups in total. The second-order valence-electron chi connectivity index (χ2n) is 8.19. The lowest BCUT2D eigenvalue weighted by Gasteiger charge is -2.27. The topological polar surface area (TPSA) is 82.3 Å². The van der Waals surface area contributed by atoms with Gasteiger partial charge in [0.25, 0.3) is 0 Å². The molecule has 164 valence electrons. The highest BCUT2D eigenvalue weighted by Gasteiger charge is 2.39. The van der Waals surface area contributed by atoms with Crippen molar-refractivity contribution < 1.29 is 9.59 Å². The number of anilines is 1. The van der Waals surface area contributed by atoms with E-state index >= 15 is 0 Å². The van der Waals surface area contributed by atoms with Crippen LogP contribution in [0.1, 0.15) is 46.6 Å². The van der Waals surface area contributed by atoms with Crippen LogP contribution in [0.25, 0.3) is 0 Å². The van der Waals surface area contributed by atoms with Crippen molar-refractivity contribution in [2.45, 2.75) is 58.7 Å². The van der Waals surface area contributed by atoms with Crippen molar-refractivity contribution in [2.75, 3.05) is 18.4 Å². The minimum absolute atomic E-state index is 0. The predicted octanol–water partition coefficient (Wildman–Crippen LogP) is 3.17. The Morgan fingerprint density at radius 3 is 2.14 bits per heavy atom. The highest BCUT2D eigenvalue weighted by Crippen LogP contribution is 2.29. The van der Waals surface area contributed by atoms with Gasteiger partial charge in [0.2, 0.25) is 11.8 Å². The van der Waals surface area contributed by atoms with Crippen molar-refractivity contribution in [3.05, 3.63) is 41.5 Å². The van der Waals surface area contributed by atoms with Gasteiger partial charge in [-0.2, -0.15) is 0 Å². The molecular weight excluding hydrogens is 411 g/mol. The quantitative estimate of drug-likeness (QED) is 0.464. The molecule has 0 atom stereocenters. The van der Waals surface area contributed by atoms with Gasteiger partial charge in [0.15, 0.2) is 0 Å². The Hall–Kier alpha value is -1.60. The lowest BCUT2D eigenvalue weighted by atomic mass is 9.96. The van der Waals surface area contributed by atoms with E-state index in [2.05, 4.69) is 35.1 Å². The van der Waals surface area contributed by atoms with Gasteiger partial charge < -0.3 is 16.0 Å². The van der Waals surface area contributed by atoms with E-state index in [1.165, 1.54) is 6.92 Å². The Morgan fingerprint density at radius 2 is 1.62 bits per heavy atom. The molecule has 0 radical (unpaired) electrons. The molecule has 0 saturated heterocycles. The molecule has 0 aromatic heterocycles. The van der Waals surface area contributed by atoms with Crippen LogP contribution in [-0.2, 0) is 16.1 Å². The molecule has 1 aromatic carbocycles. The van der Waals surface area contributed by atoms with Crippen LogP contribution >= 0.6 is 24.8 Å². The first-order valence-electron chi connectivity index (χ1n) is 9.47. The van der Waals surface area contributed by atoms with Gasteiger partial charge in [-0.15, -0.1) is 24.8 Å². The standard InChI is InChI=1S/C21H32N4O2.2ClH/c1-15(26)24-17-9-7-16(8-10-17)14-22-11-6-12-23-19(27)18-13-20(2,3)25-21(18,4)5;;/h7-10,13,22,25H,6,11-12,14H2,1-5H3,(H,23,27)(H,24,26);2*1H. The Morgan fingerprint density at radius 1 is 1.00 bits per heavy atom. The Balaban J connectivity index is 0.00000392. The van der Waals surface area contributed by atoms with Crippen LogP contribution < -0.4 is 21.3 Å². The Labute approximate surface area is 186 Å². The van der Waals surface area contributed by atoms with Crippen molar-refractivity contribution in [1.29, 1.82) is 0 Å². The van der Waals surface area contributed by atoms with Crippen LogP contribution in [0.5, 0.6) is 0 Å². The van der Waals surface area contributed by atoms with Gasteiger partial charge in [-0.05, 0) is 58.4 Å². The molecule has 1 aliphatic heterocycles. The number of hydrogen-bond acceptors (Lipinski definition) is 4. The number of carbonyl (C=O) groups is 2. The fraction of sp³-hybridized carbons (Fsp3) is 0.524. The maximum absolute atomic E-state index is 12.4. The third kappa shape index (κ3) is 8.74. The molecule has 0 fully saturated rings. The summed E-state index contributed by atoms with van der Waals surface area (Å²) >= 11 is 0. The maximum atomic E-state index is 12.4. The van der Waals surface area contributed by atoms with Crippen molar-refractivity contribution in [1.82, 2.24) is 16.0 Å². The van der Waals surface area contributed by atoms with Crippen molar-refractivity contribution in [3.8, 4) is 0 Å². The zero-order chi connectivity index (χ0) is 20.1. The van der Waals surface area contributed by atoms with Crippen LogP contribution in [0.3, 0.4) is 0 Å². The van der Waals surface area contributed by atoms with Gasteiger partial charge in [-0.1, -0.05) is 18.2 Å². The molecule has 0 bridgehead atoms. The third-order valence-corrected chi connectivity index (χ3v) is 4.48. The maximum Gasteiger partial charge on any atom is 0.248 e. The summed E-state index contributed by atoms with van der Waals surface area (Å²) in [7, 11) is 0. The van der Waals surface area contributed by atoms with Gasteiger partial charge in [0.1, 0.15) is 0 Å². The molecule has 2 amide bonds. The highest BCUT2D eigenvalue weighted by molar-refractivity contribution is 5.96. The van der Waals surface area contributed by atoms with E-state index in [0.717, 1.165) is 36.3 Å². The summed E-state index contributed by atoms with van der Waals surface area (Å²) in [4.78, 5) is 23.5. The molecule has 8 heteroatoms. The van der Waals surface area contributed by atoms with E-state index in [0.29, 0.717) is 6.54 Å². The van der Waals surface area contributed by atoms with Gasteiger partial charge in [0, 0.05) is 42.4 Å². The molecule has 0 spiro atoms. The van der Waals surface area contributed by atoms with Gasteiger partial charge in [0.05, 0.1) is 0 Å². The molecule has 29 heavy (non-hydrogen) atoms. The summed E-state index contributed by atoms with van der Waals surface area (Å²) in [6.07, 6.45) is 2.88. The van der Waals surface area contributed by atoms with E-state index in [-0.39, 0.29) is 47.7 Å². The molecule has 1 aromatic rings. The van der Waals surface area contributed by atoms with Gasteiger partial charge >= 0.3 is 0 Å². The van der Waals surface area contributed by atoms with Crippen molar-refractivity contribution in [2.24, 2.45) is 0 Å². The zero-order valence-corrected chi connectivity index (χ0v) is 19.5. The molecular formula is C21H34Cl2N4O2. The first-order chi connectivity index (χ1) is 12.6. The highest BCUT2D eigenvalue weighted by atomic mass is 35.5. The van der Waals surface area contributed by atoms with Crippen LogP contribution in [0.4, 0.5) is 5.69 Å². The Kier molecular flexibility index (Phi) is 10.9. The average molecular weight is 445 g/mol. The molecule has 0 aliphatic carbocycles. The van der Waals surface area contributed by atoms with E-state index in [1.54, 1.807) is 0 Å². The summed E-state index contributed by atoms with van der Waals surface area (Å²) in [5, 5.41) is 12.6. The molecule has 6 nitrogen and oxygen atoms in total. The SMILES string of the molecule is CC(=O)Nc1ccc(CNCCCNC(=O)C2=CC(C)(C)NC2(C)C)cc1.Cl.Cl. The lowest BCUT2D eigenvalue weighted by Crippen LogP contribution is -2.47. The number of amides is 2. The molecule has 2 rings (SSSR count). The molecule has 0 saturated carbocycles. The molecule has 1 aliphatic rings. The third-order valence-electron chi connectivity index (χ3n) is 4.48. The Bertz CT molecular complexity index is 716. The number of halogens is 2. The van der Waals surface area contributed by atoms with Crippen molar-refractivity contribution >= 4 is 42.3 Å². The summed E-state index contributed by atoms with van der Waals surface area (Å²) in [6.45, 7) is 11.9. The fourth-order valence-electron chi connectivity index (χ4n) is 3.45. The smallest absolute Gasteiger partial charge is 0.248 e. The van der Waals surface area contributed by atoms with E-state index in [1.807, 2.05) is 44.2 Å². The number of benzene rings is 1.